The molecule has 1 aliphatic heterocycles. The summed E-state index contributed by atoms with van der Waals surface area (Å²) in [5, 5.41) is 6.38. The molecule has 2 aromatic carbocycles. The Morgan fingerprint density at radius 3 is 2.44 bits per heavy atom. The molecule has 0 amide bonds. The molecule has 0 atom stereocenters. The molecular formula is C19H22FN3OS. The van der Waals surface area contributed by atoms with Crippen molar-refractivity contribution in [3.63, 3.8) is 0 Å². The van der Waals surface area contributed by atoms with Crippen molar-refractivity contribution >= 4 is 23.0 Å². The Morgan fingerprint density at radius 2 is 1.72 bits per heavy atom. The Hall–Kier alpha value is -2.02. The number of ether oxygens (including phenoxy) is 1. The Morgan fingerprint density at radius 1 is 1.04 bits per heavy atom. The van der Waals surface area contributed by atoms with E-state index < -0.39 is 0 Å². The molecule has 1 heterocycles. The van der Waals surface area contributed by atoms with Gasteiger partial charge in [0.1, 0.15) is 5.82 Å². The second-order valence-electron chi connectivity index (χ2n) is 5.99. The molecule has 0 aromatic heterocycles. The lowest BCUT2D eigenvalue weighted by Gasteiger charge is -2.26. The summed E-state index contributed by atoms with van der Waals surface area (Å²) in [5.41, 5.74) is 2.79. The summed E-state index contributed by atoms with van der Waals surface area (Å²) in [6.45, 7) is 5.14. The average Bonchev–Trinajstić information content (AvgIpc) is 2.64. The van der Waals surface area contributed by atoms with Crippen molar-refractivity contribution in [2.75, 3.05) is 31.6 Å². The van der Waals surface area contributed by atoms with Gasteiger partial charge in [-0.15, -0.1) is 0 Å². The summed E-state index contributed by atoms with van der Waals surface area (Å²) in [6, 6.07) is 14.9. The number of nitrogens with zero attached hydrogens (tertiary/aromatic N) is 1. The number of thiocarbonyl (C=S) groups is 1. The van der Waals surface area contributed by atoms with Crippen molar-refractivity contribution in [2.24, 2.45) is 0 Å². The molecule has 0 saturated carbocycles. The maximum Gasteiger partial charge on any atom is 0.171 e. The number of nitrogens with one attached hydrogen (secondary N) is 2. The van der Waals surface area contributed by atoms with Crippen molar-refractivity contribution in [1.29, 1.82) is 0 Å². The third kappa shape index (κ3) is 5.49. The van der Waals surface area contributed by atoms with Gasteiger partial charge in [-0.2, -0.15) is 0 Å². The van der Waals surface area contributed by atoms with Gasteiger partial charge in [-0.3, -0.25) is 4.90 Å². The van der Waals surface area contributed by atoms with Crippen LogP contribution >= 0.6 is 12.2 Å². The number of rotatable bonds is 5. The van der Waals surface area contributed by atoms with Crippen LogP contribution < -0.4 is 10.6 Å². The summed E-state index contributed by atoms with van der Waals surface area (Å²) in [7, 11) is 0. The highest BCUT2D eigenvalue weighted by molar-refractivity contribution is 7.80. The first-order chi connectivity index (χ1) is 12.2. The summed E-state index contributed by atoms with van der Waals surface area (Å²) >= 11 is 5.22. The lowest BCUT2D eigenvalue weighted by Crippen LogP contribution is -2.35. The van der Waals surface area contributed by atoms with Crippen molar-refractivity contribution in [2.45, 2.75) is 13.1 Å². The monoisotopic (exact) mass is 359 g/mol. The first kappa shape index (κ1) is 17.8. The van der Waals surface area contributed by atoms with E-state index in [0.717, 1.165) is 38.4 Å². The van der Waals surface area contributed by atoms with Crippen LogP contribution in [0.4, 0.5) is 10.1 Å². The quantitative estimate of drug-likeness (QED) is 0.802. The number of hydrogen-bond donors (Lipinski definition) is 2. The smallest absolute Gasteiger partial charge is 0.171 e. The highest BCUT2D eigenvalue weighted by atomic mass is 32.1. The molecule has 1 fully saturated rings. The van der Waals surface area contributed by atoms with Gasteiger partial charge in [0.05, 0.1) is 18.9 Å². The van der Waals surface area contributed by atoms with E-state index in [0.29, 0.717) is 17.3 Å². The third-order valence-corrected chi connectivity index (χ3v) is 4.35. The first-order valence-electron chi connectivity index (χ1n) is 8.38. The summed E-state index contributed by atoms with van der Waals surface area (Å²) in [6.07, 6.45) is 0. The van der Waals surface area contributed by atoms with Gasteiger partial charge >= 0.3 is 0 Å². The van der Waals surface area contributed by atoms with E-state index in [2.05, 4.69) is 39.8 Å². The zero-order valence-electron chi connectivity index (χ0n) is 14.0. The lowest BCUT2D eigenvalue weighted by atomic mass is 10.1. The number of anilines is 1. The number of hydrogen-bond acceptors (Lipinski definition) is 3. The maximum absolute atomic E-state index is 13.6. The van der Waals surface area contributed by atoms with Gasteiger partial charge in [0.25, 0.3) is 0 Å². The third-order valence-electron chi connectivity index (χ3n) is 4.11. The number of para-hydroxylation sites is 1. The first-order valence-corrected chi connectivity index (χ1v) is 8.79. The minimum absolute atomic E-state index is 0.320. The molecule has 3 rings (SSSR count). The van der Waals surface area contributed by atoms with Gasteiger partial charge in [-0.25, -0.2) is 4.39 Å². The highest BCUT2D eigenvalue weighted by Crippen LogP contribution is 2.12. The van der Waals surface area contributed by atoms with Crippen LogP contribution in [0.1, 0.15) is 11.1 Å². The van der Waals surface area contributed by atoms with Crippen LogP contribution in [-0.4, -0.2) is 36.3 Å². The molecule has 1 saturated heterocycles. The average molecular weight is 359 g/mol. The fourth-order valence-electron chi connectivity index (χ4n) is 2.69. The Balaban J connectivity index is 1.46. The maximum atomic E-state index is 13.6. The second-order valence-corrected chi connectivity index (χ2v) is 6.40. The topological polar surface area (TPSA) is 36.5 Å². The molecule has 1 aliphatic rings. The molecule has 25 heavy (non-hydrogen) atoms. The van der Waals surface area contributed by atoms with Gasteiger partial charge < -0.3 is 15.4 Å². The molecule has 6 heteroatoms. The zero-order chi connectivity index (χ0) is 17.5. The van der Waals surface area contributed by atoms with Crippen molar-refractivity contribution < 1.29 is 9.13 Å². The molecule has 2 N–H and O–H groups in total. The van der Waals surface area contributed by atoms with E-state index in [-0.39, 0.29) is 5.82 Å². The Kier molecular flexibility index (Phi) is 6.33. The predicted octanol–water partition coefficient (Wildman–Crippen LogP) is 3.14. The normalized spacial score (nSPS) is 14.9. The largest absolute Gasteiger partial charge is 0.379 e. The minimum Gasteiger partial charge on any atom is -0.379 e. The molecule has 0 spiro atoms. The molecule has 132 valence electrons. The van der Waals surface area contributed by atoms with Crippen LogP contribution in [0, 0.1) is 5.82 Å². The number of benzene rings is 2. The minimum atomic E-state index is -0.320. The summed E-state index contributed by atoms with van der Waals surface area (Å²) in [4.78, 5) is 2.39. The fourth-order valence-corrected chi connectivity index (χ4v) is 2.87. The van der Waals surface area contributed by atoms with Crippen LogP contribution in [0.15, 0.2) is 48.5 Å². The van der Waals surface area contributed by atoms with E-state index in [1.165, 1.54) is 11.6 Å². The van der Waals surface area contributed by atoms with Crippen LogP contribution in [0.25, 0.3) is 0 Å². The molecule has 0 radical (unpaired) electrons. The van der Waals surface area contributed by atoms with Gasteiger partial charge in [-0.05, 0) is 35.5 Å². The van der Waals surface area contributed by atoms with Crippen molar-refractivity contribution in [3.05, 3.63) is 65.5 Å². The number of halogens is 1. The zero-order valence-corrected chi connectivity index (χ0v) is 14.8. The second kappa shape index (κ2) is 8.89. The fraction of sp³-hybridized carbons (Fsp3) is 0.316. The summed E-state index contributed by atoms with van der Waals surface area (Å²) < 4.78 is 19.0. The molecular weight excluding hydrogens is 337 g/mol. The molecule has 0 bridgehead atoms. The standard InChI is InChI=1S/C19H22FN3OS/c20-17-3-1-2-4-18(17)22-19(25)21-13-15-5-7-16(8-6-15)14-23-9-11-24-12-10-23/h1-8H,9-14H2,(H2,21,22,25). The van der Waals surface area contributed by atoms with Crippen molar-refractivity contribution in [1.82, 2.24) is 10.2 Å². The van der Waals surface area contributed by atoms with E-state index in [4.69, 9.17) is 17.0 Å². The highest BCUT2D eigenvalue weighted by Gasteiger charge is 2.10. The van der Waals surface area contributed by atoms with Crippen LogP contribution in [-0.2, 0) is 17.8 Å². The molecule has 0 aliphatic carbocycles. The molecule has 0 unspecified atom stereocenters. The van der Waals surface area contributed by atoms with E-state index in [9.17, 15) is 4.39 Å². The molecule has 4 nitrogen and oxygen atoms in total. The van der Waals surface area contributed by atoms with Gasteiger partial charge in [-0.1, -0.05) is 36.4 Å². The SMILES string of the molecule is Fc1ccccc1NC(=S)NCc1ccc(CN2CCOCC2)cc1. The predicted molar refractivity (Wildman–Crippen MR) is 102 cm³/mol. The van der Waals surface area contributed by atoms with Crippen molar-refractivity contribution in [3.8, 4) is 0 Å². The number of morpholine rings is 1. The van der Waals surface area contributed by atoms with E-state index in [1.807, 2.05) is 0 Å². The lowest BCUT2D eigenvalue weighted by molar-refractivity contribution is 0.0342. The van der Waals surface area contributed by atoms with E-state index in [1.54, 1.807) is 18.2 Å². The van der Waals surface area contributed by atoms with E-state index >= 15 is 0 Å². The van der Waals surface area contributed by atoms with Gasteiger partial charge in [0, 0.05) is 26.2 Å². The van der Waals surface area contributed by atoms with Gasteiger partial charge in [0.15, 0.2) is 5.11 Å². The Bertz CT molecular complexity index is 702. The van der Waals surface area contributed by atoms with Crippen LogP contribution in [0.2, 0.25) is 0 Å². The Labute approximate surface area is 153 Å². The van der Waals surface area contributed by atoms with Gasteiger partial charge in [0.2, 0.25) is 0 Å². The van der Waals surface area contributed by atoms with Crippen LogP contribution in [0.3, 0.4) is 0 Å². The summed E-state index contributed by atoms with van der Waals surface area (Å²) in [5.74, 6) is -0.320. The molecule has 2 aromatic rings. The van der Waals surface area contributed by atoms with Crippen LogP contribution in [0.5, 0.6) is 0 Å².